The van der Waals surface area contributed by atoms with Gasteiger partial charge in [-0.2, -0.15) is 5.10 Å². The van der Waals surface area contributed by atoms with Gasteiger partial charge in [0, 0.05) is 25.5 Å². The Bertz CT molecular complexity index is 755. The van der Waals surface area contributed by atoms with Crippen molar-refractivity contribution in [3.8, 4) is 5.75 Å². The van der Waals surface area contributed by atoms with E-state index in [-0.39, 0.29) is 0 Å². The second-order valence-corrected chi connectivity index (χ2v) is 5.71. The summed E-state index contributed by atoms with van der Waals surface area (Å²) in [5, 5.41) is 7.71. The van der Waals surface area contributed by atoms with Crippen LogP contribution in [0.4, 0.5) is 0 Å². The molecule has 1 N–H and O–H groups in total. The number of benzene rings is 1. The first kappa shape index (κ1) is 16.2. The number of rotatable bonds is 8. The Kier molecular flexibility index (Phi) is 5.58. The lowest BCUT2D eigenvalue weighted by molar-refractivity contribution is 0.301. The van der Waals surface area contributed by atoms with Crippen LogP contribution in [-0.4, -0.2) is 21.3 Å². The van der Waals surface area contributed by atoms with Crippen molar-refractivity contribution in [3.63, 3.8) is 0 Å². The molecule has 0 aliphatic heterocycles. The van der Waals surface area contributed by atoms with Crippen LogP contribution in [-0.2, 0) is 19.7 Å². The van der Waals surface area contributed by atoms with Crippen LogP contribution in [0.1, 0.15) is 16.8 Å². The number of nitrogens with one attached hydrogen (secondary N) is 1. The van der Waals surface area contributed by atoms with Gasteiger partial charge in [0.15, 0.2) is 0 Å². The van der Waals surface area contributed by atoms with Crippen LogP contribution in [0.3, 0.4) is 0 Å². The lowest BCUT2D eigenvalue weighted by Gasteiger charge is -2.09. The molecule has 0 spiro atoms. The number of hydrogen-bond donors (Lipinski definition) is 1. The zero-order valence-electron chi connectivity index (χ0n) is 13.9. The van der Waals surface area contributed by atoms with E-state index in [4.69, 9.17) is 4.74 Å². The molecule has 5 nitrogen and oxygen atoms in total. The van der Waals surface area contributed by atoms with E-state index < -0.39 is 0 Å². The number of ether oxygens (including phenoxy) is 1. The SMILES string of the molecule is Cc1cnn(CCNCc2cccc(OCc3ccccn3)c2)c1. The minimum absolute atomic E-state index is 0.483. The zero-order chi connectivity index (χ0) is 16.6. The van der Waals surface area contributed by atoms with Crippen molar-refractivity contribution in [1.82, 2.24) is 20.1 Å². The molecule has 0 radical (unpaired) electrons. The molecule has 0 bridgehead atoms. The normalized spacial score (nSPS) is 10.7. The fourth-order valence-corrected chi connectivity index (χ4v) is 2.40. The van der Waals surface area contributed by atoms with Crippen LogP contribution in [0.25, 0.3) is 0 Å². The van der Waals surface area contributed by atoms with Crippen molar-refractivity contribution >= 4 is 0 Å². The van der Waals surface area contributed by atoms with E-state index in [1.165, 1.54) is 11.1 Å². The average molecular weight is 322 g/mol. The summed E-state index contributed by atoms with van der Waals surface area (Å²) < 4.78 is 7.76. The van der Waals surface area contributed by atoms with Crippen molar-refractivity contribution < 1.29 is 4.74 Å². The molecule has 0 aliphatic rings. The third kappa shape index (κ3) is 4.93. The minimum Gasteiger partial charge on any atom is -0.487 e. The fraction of sp³-hybridized carbons (Fsp3) is 0.263. The summed E-state index contributed by atoms with van der Waals surface area (Å²) in [6.07, 6.45) is 5.70. The molecule has 2 heterocycles. The largest absolute Gasteiger partial charge is 0.487 e. The van der Waals surface area contributed by atoms with Gasteiger partial charge in [0.25, 0.3) is 0 Å². The second kappa shape index (κ2) is 8.26. The molecule has 1 aromatic carbocycles. The molecule has 0 atom stereocenters. The molecule has 3 aromatic rings. The van der Waals surface area contributed by atoms with Gasteiger partial charge in [-0.15, -0.1) is 0 Å². The Morgan fingerprint density at radius 3 is 2.92 bits per heavy atom. The monoisotopic (exact) mass is 322 g/mol. The van der Waals surface area contributed by atoms with E-state index in [1.807, 2.05) is 54.3 Å². The summed E-state index contributed by atoms with van der Waals surface area (Å²) >= 11 is 0. The van der Waals surface area contributed by atoms with Crippen molar-refractivity contribution in [2.75, 3.05) is 6.54 Å². The third-order valence-corrected chi connectivity index (χ3v) is 3.62. The van der Waals surface area contributed by atoms with E-state index in [0.29, 0.717) is 6.61 Å². The number of pyridine rings is 1. The van der Waals surface area contributed by atoms with Gasteiger partial charge in [-0.25, -0.2) is 0 Å². The summed E-state index contributed by atoms with van der Waals surface area (Å²) in [4.78, 5) is 4.26. The molecular weight excluding hydrogens is 300 g/mol. The van der Waals surface area contributed by atoms with Crippen LogP contribution >= 0.6 is 0 Å². The first-order chi connectivity index (χ1) is 11.8. The highest BCUT2D eigenvalue weighted by molar-refractivity contribution is 5.28. The van der Waals surface area contributed by atoms with E-state index in [1.54, 1.807) is 6.20 Å². The maximum absolute atomic E-state index is 5.81. The number of aromatic nitrogens is 3. The van der Waals surface area contributed by atoms with Gasteiger partial charge in [-0.1, -0.05) is 18.2 Å². The Hall–Kier alpha value is -2.66. The highest BCUT2D eigenvalue weighted by atomic mass is 16.5. The van der Waals surface area contributed by atoms with Gasteiger partial charge < -0.3 is 10.1 Å². The van der Waals surface area contributed by atoms with Crippen molar-refractivity contribution in [2.24, 2.45) is 0 Å². The molecule has 0 unspecified atom stereocenters. The summed E-state index contributed by atoms with van der Waals surface area (Å²) in [5.41, 5.74) is 3.31. The fourth-order valence-electron chi connectivity index (χ4n) is 2.40. The second-order valence-electron chi connectivity index (χ2n) is 5.71. The Balaban J connectivity index is 1.44. The molecule has 0 saturated heterocycles. The highest BCUT2D eigenvalue weighted by Gasteiger charge is 2.00. The van der Waals surface area contributed by atoms with Crippen LogP contribution in [0.2, 0.25) is 0 Å². The van der Waals surface area contributed by atoms with Crippen molar-refractivity contribution in [1.29, 1.82) is 0 Å². The molecule has 0 aliphatic carbocycles. The molecule has 124 valence electrons. The van der Waals surface area contributed by atoms with E-state index >= 15 is 0 Å². The molecule has 0 amide bonds. The average Bonchev–Trinajstić information content (AvgIpc) is 3.04. The van der Waals surface area contributed by atoms with Gasteiger partial charge >= 0.3 is 0 Å². The lowest BCUT2D eigenvalue weighted by atomic mass is 10.2. The van der Waals surface area contributed by atoms with Crippen molar-refractivity contribution in [3.05, 3.63) is 77.9 Å². The van der Waals surface area contributed by atoms with Crippen LogP contribution in [0.15, 0.2) is 61.1 Å². The Morgan fingerprint density at radius 1 is 1.17 bits per heavy atom. The van der Waals surface area contributed by atoms with Crippen molar-refractivity contribution in [2.45, 2.75) is 26.6 Å². The predicted octanol–water partition coefficient (Wildman–Crippen LogP) is 2.96. The molecule has 24 heavy (non-hydrogen) atoms. The van der Waals surface area contributed by atoms with Gasteiger partial charge in [0.1, 0.15) is 12.4 Å². The number of hydrogen-bond acceptors (Lipinski definition) is 4. The number of aryl methyl sites for hydroxylation is 1. The molecule has 2 aromatic heterocycles. The lowest BCUT2D eigenvalue weighted by Crippen LogP contribution is -2.19. The van der Waals surface area contributed by atoms with Gasteiger partial charge in [-0.05, 0) is 42.3 Å². The van der Waals surface area contributed by atoms with E-state index in [2.05, 4.69) is 27.5 Å². The maximum atomic E-state index is 5.81. The molecule has 3 rings (SSSR count). The van der Waals surface area contributed by atoms with E-state index in [0.717, 1.165) is 31.1 Å². The van der Waals surface area contributed by atoms with Crippen LogP contribution in [0, 0.1) is 6.92 Å². The first-order valence-electron chi connectivity index (χ1n) is 8.11. The van der Waals surface area contributed by atoms with Gasteiger partial charge in [0.2, 0.25) is 0 Å². The molecule has 5 heteroatoms. The quantitative estimate of drug-likeness (QED) is 0.648. The van der Waals surface area contributed by atoms with Crippen LogP contribution < -0.4 is 10.1 Å². The van der Waals surface area contributed by atoms with E-state index in [9.17, 15) is 0 Å². The van der Waals surface area contributed by atoms with Gasteiger partial charge in [0.05, 0.1) is 18.4 Å². The molecule has 0 saturated carbocycles. The summed E-state index contributed by atoms with van der Waals surface area (Å²) in [5.74, 6) is 0.864. The third-order valence-electron chi connectivity index (χ3n) is 3.62. The zero-order valence-corrected chi connectivity index (χ0v) is 13.9. The smallest absolute Gasteiger partial charge is 0.130 e. The first-order valence-corrected chi connectivity index (χ1v) is 8.11. The standard InChI is InChI=1S/C19H22N4O/c1-16-12-22-23(14-16)10-9-20-13-17-5-4-7-19(11-17)24-15-18-6-2-3-8-21-18/h2-8,11-12,14,20H,9-10,13,15H2,1H3. The van der Waals surface area contributed by atoms with Gasteiger partial charge in [-0.3, -0.25) is 9.67 Å². The minimum atomic E-state index is 0.483. The maximum Gasteiger partial charge on any atom is 0.130 e. The summed E-state index contributed by atoms with van der Waals surface area (Å²) in [6.45, 7) is 5.08. The highest BCUT2D eigenvalue weighted by Crippen LogP contribution is 2.14. The number of nitrogens with zero attached hydrogens (tertiary/aromatic N) is 3. The molecular formula is C19H22N4O. The Morgan fingerprint density at radius 2 is 2.12 bits per heavy atom. The molecule has 0 fully saturated rings. The Labute approximate surface area is 142 Å². The predicted molar refractivity (Wildman–Crippen MR) is 93.7 cm³/mol. The topological polar surface area (TPSA) is 52.0 Å². The summed E-state index contributed by atoms with van der Waals surface area (Å²) in [7, 11) is 0. The van der Waals surface area contributed by atoms with Crippen LogP contribution in [0.5, 0.6) is 5.75 Å². The summed E-state index contributed by atoms with van der Waals surface area (Å²) in [6, 6.07) is 14.0.